The number of rotatable bonds is 27. The lowest BCUT2D eigenvalue weighted by Crippen LogP contribution is -2.35. The Labute approximate surface area is 307 Å². The van der Waals surface area contributed by atoms with E-state index in [1.807, 2.05) is 13.8 Å². The van der Waals surface area contributed by atoms with Gasteiger partial charge in [0.2, 0.25) is 11.9 Å². The van der Waals surface area contributed by atoms with Gasteiger partial charge in [0.15, 0.2) is 11.6 Å². The van der Waals surface area contributed by atoms with Crippen molar-refractivity contribution in [2.75, 3.05) is 70.7 Å². The number of sulfonamides is 1. The van der Waals surface area contributed by atoms with Crippen LogP contribution in [0.25, 0.3) is 0 Å². The zero-order chi connectivity index (χ0) is 39.5. The molecule has 0 aliphatic rings. The zero-order valence-electron chi connectivity index (χ0n) is 30.1. The molecule has 5 N–H and O–H groups in total. The average Bonchev–Trinajstić information content (AvgIpc) is 3.06. The molecule has 2 aromatic rings. The monoisotopic (exact) mass is 773 g/mol. The minimum Gasteiger partial charge on any atom is -0.485 e. The number of carboxylic acid groups (broad SMARTS) is 2. The second-order valence-corrected chi connectivity index (χ2v) is 14.6. The van der Waals surface area contributed by atoms with Gasteiger partial charge in [-0.2, -0.15) is 0 Å². The van der Waals surface area contributed by atoms with Gasteiger partial charge in [0, 0.05) is 31.9 Å². The van der Waals surface area contributed by atoms with Crippen LogP contribution in [0.5, 0.6) is 5.75 Å². The first-order chi connectivity index (χ1) is 24.9. The Morgan fingerprint density at radius 3 is 1.98 bits per heavy atom. The summed E-state index contributed by atoms with van der Waals surface area (Å²) in [7, 11) is -4.32. The summed E-state index contributed by atoms with van der Waals surface area (Å²) >= 11 is 0. The first kappa shape index (κ1) is 44.7. The molecule has 0 saturated heterocycles. The fraction of sp³-hybridized carbons (Fsp3) is 0.576. The van der Waals surface area contributed by atoms with Crippen molar-refractivity contribution >= 4 is 39.7 Å². The number of carbonyl (C=O) groups excluding carboxylic acids is 2. The number of amides is 2. The minimum atomic E-state index is -4.32. The molecule has 0 atom stereocenters. The molecule has 1 aromatic heterocycles. The molecule has 296 valence electrons. The molecular formula is C33H48FN5O13S. The fourth-order valence-corrected chi connectivity index (χ4v) is 5.81. The number of ether oxygens (including phenoxy) is 5. The average molecular weight is 774 g/mol. The number of aromatic nitrogens is 2. The summed E-state index contributed by atoms with van der Waals surface area (Å²) in [6, 6.07) is 3.14. The summed E-state index contributed by atoms with van der Waals surface area (Å²) in [6.07, 6.45) is 3.01. The van der Waals surface area contributed by atoms with Crippen LogP contribution in [0.1, 0.15) is 57.3 Å². The lowest BCUT2D eigenvalue weighted by Gasteiger charge is -2.35. The molecule has 18 nitrogen and oxygen atoms in total. The van der Waals surface area contributed by atoms with Gasteiger partial charge in [-0.25, -0.2) is 32.3 Å². The van der Waals surface area contributed by atoms with Gasteiger partial charge >= 0.3 is 11.9 Å². The van der Waals surface area contributed by atoms with Crippen molar-refractivity contribution in [2.24, 2.45) is 5.41 Å². The first-order valence-corrected chi connectivity index (χ1v) is 18.0. The van der Waals surface area contributed by atoms with Crippen molar-refractivity contribution in [3.05, 3.63) is 42.0 Å². The van der Waals surface area contributed by atoms with Crippen LogP contribution in [0.2, 0.25) is 0 Å². The van der Waals surface area contributed by atoms with E-state index in [0.717, 1.165) is 24.5 Å². The van der Waals surface area contributed by atoms with Gasteiger partial charge in [-0.3, -0.25) is 14.4 Å². The van der Waals surface area contributed by atoms with E-state index in [4.69, 9.17) is 33.9 Å². The Balaban J connectivity index is 1.69. The summed E-state index contributed by atoms with van der Waals surface area (Å²) < 4.78 is 69.3. The highest BCUT2D eigenvalue weighted by Crippen LogP contribution is 2.36. The van der Waals surface area contributed by atoms with Gasteiger partial charge in [-0.05, 0) is 50.3 Å². The Kier molecular flexibility index (Phi) is 18.4. The third kappa shape index (κ3) is 18.7. The summed E-state index contributed by atoms with van der Waals surface area (Å²) in [5.74, 6) is -4.32. The number of hydrogen-bond acceptors (Lipinski definition) is 13. The van der Waals surface area contributed by atoms with E-state index in [-0.39, 0.29) is 88.9 Å². The number of anilines is 1. The molecular weight excluding hydrogens is 725 g/mol. The largest absolute Gasteiger partial charge is 0.485 e. The van der Waals surface area contributed by atoms with Gasteiger partial charge in [0.05, 0.1) is 50.1 Å². The summed E-state index contributed by atoms with van der Waals surface area (Å²) in [6.45, 7) is 7.99. The van der Waals surface area contributed by atoms with Crippen LogP contribution in [0.3, 0.4) is 0 Å². The third-order valence-corrected chi connectivity index (χ3v) is 8.29. The van der Waals surface area contributed by atoms with Gasteiger partial charge in [0.25, 0.3) is 15.9 Å². The predicted molar refractivity (Wildman–Crippen MR) is 185 cm³/mol. The van der Waals surface area contributed by atoms with Crippen molar-refractivity contribution < 1.29 is 65.9 Å². The van der Waals surface area contributed by atoms with Crippen LogP contribution in [-0.4, -0.2) is 124 Å². The standard InChI is InChI=1S/C33H48FN5O13S/c1-32(2,8-7-28(41)42)22-33(3,4)52-26-6-5-24(17-25(26)34)53(46,47)39-31-37-18-23(19-38-31)30(45)36-10-12-49-13-15-50-20-27(40)35-9-11-48-14-16-51-21-29(43)44/h5-6,17-19H,7-16,20-22H2,1-4H3,(H,35,40)(H,36,45)(H,41,42)(H,43,44)(H,37,38,39). The topological polar surface area (TPSA) is 251 Å². The molecule has 0 radical (unpaired) electrons. The van der Waals surface area contributed by atoms with Gasteiger partial charge in [0.1, 0.15) is 18.8 Å². The molecule has 0 bridgehead atoms. The molecule has 53 heavy (non-hydrogen) atoms. The molecule has 1 heterocycles. The third-order valence-electron chi connectivity index (χ3n) is 6.96. The number of halogens is 1. The van der Waals surface area contributed by atoms with Crippen molar-refractivity contribution in [1.82, 2.24) is 20.6 Å². The van der Waals surface area contributed by atoms with Gasteiger partial charge in [-0.1, -0.05) is 13.8 Å². The van der Waals surface area contributed by atoms with Crippen LogP contribution in [0, 0.1) is 11.2 Å². The summed E-state index contributed by atoms with van der Waals surface area (Å²) in [4.78, 5) is 52.7. The Morgan fingerprint density at radius 2 is 1.40 bits per heavy atom. The molecule has 2 amide bonds. The molecule has 0 spiro atoms. The molecule has 2 rings (SSSR count). The van der Waals surface area contributed by atoms with Crippen molar-refractivity contribution in [2.45, 2.75) is 57.5 Å². The maximum absolute atomic E-state index is 15.0. The number of nitrogens with one attached hydrogen (secondary N) is 3. The molecule has 0 aliphatic carbocycles. The highest BCUT2D eigenvalue weighted by atomic mass is 32.2. The molecule has 0 fully saturated rings. The quantitative estimate of drug-likeness (QED) is 0.0813. The van der Waals surface area contributed by atoms with E-state index in [9.17, 15) is 32.0 Å². The highest BCUT2D eigenvalue weighted by Gasteiger charge is 2.32. The fourth-order valence-electron chi connectivity index (χ4n) is 4.85. The van der Waals surface area contributed by atoms with E-state index in [1.165, 1.54) is 6.07 Å². The van der Waals surface area contributed by atoms with Gasteiger partial charge < -0.3 is 44.5 Å². The molecule has 20 heteroatoms. The van der Waals surface area contributed by atoms with Crippen LogP contribution in [-0.2, 0) is 43.4 Å². The number of benzene rings is 1. The number of carbonyl (C=O) groups is 4. The Hall–Kier alpha value is -4.50. The van der Waals surface area contributed by atoms with E-state index < -0.39 is 56.2 Å². The number of carboxylic acids is 2. The maximum Gasteiger partial charge on any atom is 0.329 e. The van der Waals surface area contributed by atoms with Crippen molar-refractivity contribution in [1.29, 1.82) is 0 Å². The number of aliphatic carboxylic acids is 2. The normalized spacial score (nSPS) is 11.9. The van der Waals surface area contributed by atoms with Crippen molar-refractivity contribution in [3.8, 4) is 5.75 Å². The van der Waals surface area contributed by atoms with E-state index in [1.54, 1.807) is 13.8 Å². The van der Waals surface area contributed by atoms with Crippen LogP contribution in [0.15, 0.2) is 35.5 Å². The Bertz CT molecular complexity index is 1610. The number of hydrogen-bond donors (Lipinski definition) is 5. The van der Waals surface area contributed by atoms with E-state index in [0.29, 0.717) is 12.8 Å². The minimum absolute atomic E-state index is 0.0185. The Morgan fingerprint density at radius 1 is 0.811 bits per heavy atom. The van der Waals surface area contributed by atoms with E-state index in [2.05, 4.69) is 25.3 Å². The number of nitrogens with zero attached hydrogens (tertiary/aromatic N) is 2. The predicted octanol–water partition coefficient (Wildman–Crippen LogP) is 1.85. The molecule has 0 aliphatic heterocycles. The summed E-state index contributed by atoms with van der Waals surface area (Å²) in [5, 5.41) is 22.6. The second kappa shape index (κ2) is 21.9. The SMILES string of the molecule is CC(C)(CCC(=O)O)CC(C)(C)Oc1ccc(S(=O)(=O)Nc2ncc(C(=O)NCCOCCOCC(=O)NCCOCCOCC(=O)O)cn2)cc1F. The highest BCUT2D eigenvalue weighted by molar-refractivity contribution is 7.92. The maximum atomic E-state index is 15.0. The lowest BCUT2D eigenvalue weighted by molar-refractivity contribution is -0.143. The van der Waals surface area contributed by atoms with Crippen LogP contribution < -0.4 is 20.1 Å². The lowest BCUT2D eigenvalue weighted by atomic mass is 9.78. The molecule has 0 unspecified atom stereocenters. The zero-order valence-corrected chi connectivity index (χ0v) is 31.0. The molecule has 1 aromatic carbocycles. The first-order valence-electron chi connectivity index (χ1n) is 16.5. The van der Waals surface area contributed by atoms with Crippen LogP contribution >= 0.6 is 0 Å². The summed E-state index contributed by atoms with van der Waals surface area (Å²) in [5.41, 5.74) is -1.27. The van der Waals surface area contributed by atoms with E-state index >= 15 is 0 Å². The second-order valence-electron chi connectivity index (χ2n) is 12.9. The van der Waals surface area contributed by atoms with Gasteiger partial charge in [-0.15, -0.1) is 0 Å². The smallest absolute Gasteiger partial charge is 0.329 e. The van der Waals surface area contributed by atoms with Crippen molar-refractivity contribution in [3.63, 3.8) is 0 Å². The van der Waals surface area contributed by atoms with Crippen LogP contribution in [0.4, 0.5) is 10.3 Å². The molecule has 0 saturated carbocycles.